The molecule has 0 amide bonds. The Balaban J connectivity index is 1.62. The van der Waals surface area contributed by atoms with E-state index in [4.69, 9.17) is 9.15 Å². The first-order chi connectivity index (χ1) is 13.7. The highest BCUT2D eigenvalue weighted by Gasteiger charge is 2.12. The normalized spacial score (nSPS) is 11.2. The van der Waals surface area contributed by atoms with Crippen molar-refractivity contribution in [3.05, 3.63) is 83.0 Å². The first-order valence-electron chi connectivity index (χ1n) is 8.66. The highest BCUT2D eigenvalue weighted by molar-refractivity contribution is 5.81. The summed E-state index contributed by atoms with van der Waals surface area (Å²) < 4.78 is 12.9. The van der Waals surface area contributed by atoms with Crippen LogP contribution in [0.5, 0.6) is 11.6 Å². The van der Waals surface area contributed by atoms with E-state index in [9.17, 15) is 4.79 Å². The van der Waals surface area contributed by atoms with Crippen LogP contribution in [0.15, 0.2) is 76.2 Å². The summed E-state index contributed by atoms with van der Waals surface area (Å²) in [5.41, 5.74) is 2.59. The zero-order chi connectivity index (χ0) is 19.1. The highest BCUT2D eigenvalue weighted by atomic mass is 16.5. The Morgan fingerprint density at radius 1 is 1.04 bits per heavy atom. The minimum absolute atomic E-state index is 0.393. The maximum Gasteiger partial charge on any atom is 0.336 e. The van der Waals surface area contributed by atoms with Crippen molar-refractivity contribution >= 4 is 16.7 Å². The average Bonchev–Trinajstić information content (AvgIpc) is 3.17. The average molecular weight is 370 g/mol. The van der Waals surface area contributed by atoms with Crippen LogP contribution in [0.1, 0.15) is 5.56 Å². The Morgan fingerprint density at radius 3 is 2.75 bits per heavy atom. The van der Waals surface area contributed by atoms with Crippen molar-refractivity contribution in [2.45, 2.75) is 6.92 Å². The molecule has 0 aliphatic carbocycles. The summed E-state index contributed by atoms with van der Waals surface area (Å²) in [5.74, 6) is 1.40. The lowest BCUT2D eigenvalue weighted by Crippen LogP contribution is -2.00. The lowest BCUT2D eigenvalue weighted by atomic mass is 10.1. The summed E-state index contributed by atoms with van der Waals surface area (Å²) in [6, 6.07) is 18.4. The minimum atomic E-state index is -0.393. The number of benzene rings is 2. The van der Waals surface area contributed by atoms with Crippen LogP contribution in [-0.2, 0) is 0 Å². The molecule has 7 heteroatoms. The van der Waals surface area contributed by atoms with Crippen LogP contribution in [0.2, 0.25) is 0 Å². The van der Waals surface area contributed by atoms with Gasteiger partial charge in [-0.25, -0.2) is 9.78 Å². The molecule has 28 heavy (non-hydrogen) atoms. The van der Waals surface area contributed by atoms with E-state index in [-0.39, 0.29) is 0 Å². The monoisotopic (exact) mass is 370 g/mol. The van der Waals surface area contributed by atoms with Crippen LogP contribution in [-0.4, -0.2) is 19.6 Å². The second-order valence-corrected chi connectivity index (χ2v) is 6.33. The number of fused-ring (bicyclic) bond motifs is 2. The van der Waals surface area contributed by atoms with Gasteiger partial charge in [-0.1, -0.05) is 30.3 Å². The fourth-order valence-corrected chi connectivity index (χ4v) is 3.10. The third-order valence-corrected chi connectivity index (χ3v) is 4.43. The van der Waals surface area contributed by atoms with Gasteiger partial charge < -0.3 is 9.15 Å². The van der Waals surface area contributed by atoms with Gasteiger partial charge in [0.05, 0.1) is 5.69 Å². The van der Waals surface area contributed by atoms with Crippen molar-refractivity contribution in [1.82, 2.24) is 19.6 Å². The molecule has 0 aliphatic heterocycles. The Bertz CT molecular complexity index is 1370. The van der Waals surface area contributed by atoms with Crippen LogP contribution >= 0.6 is 0 Å². The molecule has 5 aromatic rings. The molecule has 0 spiro atoms. The summed E-state index contributed by atoms with van der Waals surface area (Å²) in [7, 11) is 0. The molecule has 3 heterocycles. The van der Waals surface area contributed by atoms with E-state index in [1.807, 2.05) is 49.4 Å². The van der Waals surface area contributed by atoms with Gasteiger partial charge in [0.15, 0.2) is 0 Å². The van der Waals surface area contributed by atoms with Crippen LogP contribution in [0.4, 0.5) is 0 Å². The van der Waals surface area contributed by atoms with Gasteiger partial charge in [-0.15, -0.1) is 0 Å². The SMILES string of the molecule is Cc1cc(=O)oc2cc(Oc3cc(-c4ccccc4)nc4ncnn34)ccc12. The fourth-order valence-electron chi connectivity index (χ4n) is 3.10. The van der Waals surface area contributed by atoms with E-state index in [0.29, 0.717) is 23.0 Å². The third-order valence-electron chi connectivity index (χ3n) is 4.43. The molecular weight excluding hydrogens is 356 g/mol. The second-order valence-electron chi connectivity index (χ2n) is 6.33. The Labute approximate surface area is 158 Å². The van der Waals surface area contributed by atoms with Crippen LogP contribution in [0.3, 0.4) is 0 Å². The van der Waals surface area contributed by atoms with Crippen molar-refractivity contribution in [3.63, 3.8) is 0 Å². The van der Waals surface area contributed by atoms with Crippen molar-refractivity contribution in [1.29, 1.82) is 0 Å². The van der Waals surface area contributed by atoms with Gasteiger partial charge >= 0.3 is 5.63 Å². The Kier molecular flexibility index (Phi) is 3.65. The maximum atomic E-state index is 11.7. The summed E-state index contributed by atoms with van der Waals surface area (Å²) in [6.45, 7) is 1.87. The molecule has 0 aliphatic rings. The molecule has 3 aromatic heterocycles. The minimum Gasteiger partial charge on any atom is -0.439 e. The second kappa shape index (κ2) is 6.31. The van der Waals surface area contributed by atoms with Gasteiger partial charge in [0, 0.05) is 29.1 Å². The Hall–Kier alpha value is -4.00. The number of rotatable bonds is 3. The summed E-state index contributed by atoms with van der Waals surface area (Å²) >= 11 is 0. The standard InChI is InChI=1S/C21H14N4O3/c1-13-9-20(26)28-18-10-15(7-8-16(13)18)27-19-11-17(14-5-3-2-4-6-14)24-21-22-12-23-25(19)21/h2-12H,1H3. The molecule has 0 atom stereocenters. The molecule has 0 saturated heterocycles. The van der Waals surface area contributed by atoms with Crippen molar-refractivity contribution in [2.24, 2.45) is 0 Å². The van der Waals surface area contributed by atoms with Gasteiger partial charge in [0.2, 0.25) is 5.88 Å². The first-order valence-corrected chi connectivity index (χ1v) is 8.66. The van der Waals surface area contributed by atoms with Crippen LogP contribution in [0.25, 0.3) is 28.0 Å². The van der Waals surface area contributed by atoms with Gasteiger partial charge in [0.1, 0.15) is 17.7 Å². The van der Waals surface area contributed by atoms with E-state index in [1.54, 1.807) is 12.1 Å². The third kappa shape index (κ3) is 2.79. The lowest BCUT2D eigenvalue weighted by molar-refractivity contribution is 0.445. The van der Waals surface area contributed by atoms with Crippen LogP contribution in [0, 0.1) is 6.92 Å². The van der Waals surface area contributed by atoms with Gasteiger partial charge in [-0.05, 0) is 24.6 Å². The largest absolute Gasteiger partial charge is 0.439 e. The molecule has 0 bridgehead atoms. The van der Waals surface area contributed by atoms with E-state index in [2.05, 4.69) is 15.1 Å². The topological polar surface area (TPSA) is 82.5 Å². The quantitative estimate of drug-likeness (QED) is 0.447. The molecule has 0 N–H and O–H groups in total. The molecule has 0 radical (unpaired) electrons. The predicted molar refractivity (Wildman–Crippen MR) is 104 cm³/mol. The summed E-state index contributed by atoms with van der Waals surface area (Å²) in [4.78, 5) is 20.4. The van der Waals surface area contributed by atoms with Gasteiger partial charge in [-0.2, -0.15) is 14.6 Å². The molecule has 7 nitrogen and oxygen atoms in total. The van der Waals surface area contributed by atoms with Crippen molar-refractivity contribution in [3.8, 4) is 22.9 Å². The van der Waals surface area contributed by atoms with Crippen LogP contribution < -0.4 is 10.4 Å². The molecule has 0 fully saturated rings. The van der Waals surface area contributed by atoms with Crippen molar-refractivity contribution < 1.29 is 9.15 Å². The van der Waals surface area contributed by atoms with E-state index in [1.165, 1.54) is 16.9 Å². The van der Waals surface area contributed by atoms with E-state index >= 15 is 0 Å². The number of hydrogen-bond donors (Lipinski definition) is 0. The van der Waals surface area contributed by atoms with Crippen molar-refractivity contribution in [2.75, 3.05) is 0 Å². The fraction of sp³-hybridized carbons (Fsp3) is 0.0476. The molecular formula is C21H14N4O3. The molecule has 0 saturated carbocycles. The van der Waals surface area contributed by atoms with E-state index in [0.717, 1.165) is 22.2 Å². The number of hydrogen-bond acceptors (Lipinski definition) is 6. The van der Waals surface area contributed by atoms with E-state index < -0.39 is 5.63 Å². The van der Waals surface area contributed by atoms with Gasteiger partial charge in [0.25, 0.3) is 5.78 Å². The summed E-state index contributed by atoms with van der Waals surface area (Å²) in [5, 5.41) is 5.04. The zero-order valence-corrected chi connectivity index (χ0v) is 14.9. The number of ether oxygens (including phenoxy) is 1. The molecule has 0 unspecified atom stereocenters. The number of nitrogens with zero attached hydrogens (tertiary/aromatic N) is 4. The predicted octanol–water partition coefficient (Wildman–Crippen LogP) is 4.00. The van der Waals surface area contributed by atoms with Gasteiger partial charge in [-0.3, -0.25) is 0 Å². The zero-order valence-electron chi connectivity index (χ0n) is 14.9. The summed E-state index contributed by atoms with van der Waals surface area (Å²) in [6.07, 6.45) is 1.42. The molecule has 136 valence electrons. The number of aryl methyl sites for hydroxylation is 1. The number of aromatic nitrogens is 4. The highest BCUT2D eigenvalue weighted by Crippen LogP contribution is 2.29. The molecule has 2 aromatic carbocycles. The Morgan fingerprint density at radius 2 is 1.89 bits per heavy atom. The lowest BCUT2D eigenvalue weighted by Gasteiger charge is -2.10. The smallest absolute Gasteiger partial charge is 0.336 e. The maximum absolute atomic E-state index is 11.7. The first kappa shape index (κ1) is 16.2. The molecule has 5 rings (SSSR count).